The van der Waals surface area contributed by atoms with Crippen LogP contribution in [0.4, 0.5) is 0 Å². The van der Waals surface area contributed by atoms with Crippen LogP contribution in [0.1, 0.15) is 34.1 Å². The van der Waals surface area contributed by atoms with Crippen molar-refractivity contribution in [3.63, 3.8) is 0 Å². The van der Waals surface area contributed by atoms with E-state index in [1.165, 1.54) is 6.92 Å². The van der Waals surface area contributed by atoms with Crippen molar-refractivity contribution in [1.29, 1.82) is 0 Å². The molecule has 0 aliphatic carbocycles. The minimum Gasteiger partial charge on any atom is -0.480 e. The van der Waals surface area contributed by atoms with Gasteiger partial charge in [0.25, 0.3) is 0 Å². The molecular weight excluding hydrogens is 213 g/mol. The summed E-state index contributed by atoms with van der Waals surface area (Å²) in [6.07, 6.45) is 0.377. The Morgan fingerprint density at radius 2 is 1.69 bits per heavy atom. The molecule has 0 aromatic heterocycles. The van der Waals surface area contributed by atoms with Crippen molar-refractivity contribution in [1.82, 2.24) is 3.94 Å². The van der Waals surface area contributed by atoms with Gasteiger partial charge in [-0.05, 0) is 42.3 Å². The maximum atomic E-state index is 10.9. The third kappa shape index (κ3) is 3.71. The lowest BCUT2D eigenvalue weighted by molar-refractivity contribution is -0.147. The molecule has 0 spiro atoms. The Morgan fingerprint density at radius 1 is 1.31 bits per heavy atom. The van der Waals surface area contributed by atoms with Gasteiger partial charge in [-0.25, -0.2) is 0 Å². The second kappa shape index (κ2) is 4.03. The summed E-state index contributed by atoms with van der Waals surface area (Å²) in [5.74, 6) is -1.02. The molecule has 0 saturated carbocycles. The number of halogens is 2. The number of carboxylic acid groups (broad SMARTS) is 1. The largest absolute Gasteiger partial charge is 0.480 e. The quantitative estimate of drug-likeness (QED) is 0.755. The molecular formula is C8H15Cl2NO2. The Hall–Kier alpha value is 0.01000. The minimum atomic E-state index is -1.23. The molecule has 0 radical (unpaired) electrons. The van der Waals surface area contributed by atoms with Crippen LogP contribution in [0.5, 0.6) is 0 Å². The summed E-state index contributed by atoms with van der Waals surface area (Å²) >= 11 is 11.0. The van der Waals surface area contributed by atoms with Gasteiger partial charge < -0.3 is 5.11 Å². The van der Waals surface area contributed by atoms with Crippen molar-refractivity contribution in [3.05, 3.63) is 0 Å². The molecule has 0 rings (SSSR count). The zero-order chi connectivity index (χ0) is 10.9. The number of aliphatic carboxylic acids is 1. The lowest BCUT2D eigenvalue weighted by Gasteiger charge is -2.33. The number of nitrogens with zero attached hydrogens (tertiary/aromatic N) is 1. The Kier molecular flexibility index (Phi) is 4.03. The van der Waals surface area contributed by atoms with Crippen molar-refractivity contribution in [2.24, 2.45) is 5.41 Å². The molecule has 0 aromatic rings. The van der Waals surface area contributed by atoms with Crippen molar-refractivity contribution in [2.45, 2.75) is 39.7 Å². The molecule has 0 bridgehead atoms. The van der Waals surface area contributed by atoms with Crippen molar-refractivity contribution >= 4 is 29.5 Å². The van der Waals surface area contributed by atoms with Crippen LogP contribution >= 0.6 is 23.6 Å². The molecule has 0 aromatic carbocycles. The van der Waals surface area contributed by atoms with Crippen molar-refractivity contribution in [2.75, 3.05) is 0 Å². The van der Waals surface area contributed by atoms with E-state index < -0.39 is 11.5 Å². The summed E-state index contributed by atoms with van der Waals surface area (Å²) in [7, 11) is 0. The summed E-state index contributed by atoms with van der Waals surface area (Å²) < 4.78 is 0.709. The Bertz CT molecular complexity index is 201. The summed E-state index contributed by atoms with van der Waals surface area (Å²) in [5.41, 5.74) is -1.38. The summed E-state index contributed by atoms with van der Waals surface area (Å²) in [6.45, 7) is 7.31. The first kappa shape index (κ1) is 13.0. The molecule has 0 heterocycles. The predicted molar refractivity (Wildman–Crippen MR) is 53.7 cm³/mol. The van der Waals surface area contributed by atoms with Gasteiger partial charge in [-0.15, -0.1) is 3.94 Å². The first-order valence-corrected chi connectivity index (χ1v) is 4.62. The highest BCUT2D eigenvalue weighted by molar-refractivity contribution is 6.35. The van der Waals surface area contributed by atoms with Crippen LogP contribution in [0.25, 0.3) is 0 Å². The number of carbonyl (C=O) groups is 1. The number of hydrogen-bond donors (Lipinski definition) is 1. The standard InChI is InChI=1S/C8H15Cl2NO2/c1-7(2,3)5-8(4,6(12)13)11(9)10/h5H2,1-4H3,(H,12,13). The van der Waals surface area contributed by atoms with Gasteiger partial charge in [-0.1, -0.05) is 20.8 Å². The molecule has 78 valence electrons. The Labute approximate surface area is 88.8 Å². The van der Waals surface area contributed by atoms with Gasteiger partial charge >= 0.3 is 5.97 Å². The van der Waals surface area contributed by atoms with Crippen LogP contribution in [0.3, 0.4) is 0 Å². The van der Waals surface area contributed by atoms with E-state index >= 15 is 0 Å². The SMILES string of the molecule is CC(C)(C)CC(C)(C(=O)O)N(Cl)Cl. The van der Waals surface area contributed by atoms with Gasteiger partial charge in [-0.3, -0.25) is 4.79 Å². The zero-order valence-corrected chi connectivity index (χ0v) is 9.78. The van der Waals surface area contributed by atoms with Crippen LogP contribution in [0.15, 0.2) is 0 Å². The second-order valence-electron chi connectivity index (χ2n) is 4.55. The van der Waals surface area contributed by atoms with Gasteiger partial charge in [0.1, 0.15) is 5.54 Å². The smallest absolute Gasteiger partial charge is 0.326 e. The number of hydrogen-bond acceptors (Lipinski definition) is 2. The fraction of sp³-hybridized carbons (Fsp3) is 0.875. The molecule has 1 unspecified atom stereocenters. The van der Waals surface area contributed by atoms with Crippen LogP contribution in [-0.2, 0) is 4.79 Å². The summed E-state index contributed by atoms with van der Waals surface area (Å²) in [6, 6.07) is 0. The molecule has 0 saturated heterocycles. The van der Waals surface area contributed by atoms with E-state index in [1.54, 1.807) is 0 Å². The van der Waals surface area contributed by atoms with Gasteiger partial charge in [0.2, 0.25) is 0 Å². The van der Waals surface area contributed by atoms with E-state index in [1.807, 2.05) is 20.8 Å². The normalized spacial score (nSPS) is 17.2. The first-order chi connectivity index (χ1) is 5.59. The molecule has 0 amide bonds. The van der Waals surface area contributed by atoms with E-state index in [0.29, 0.717) is 10.4 Å². The molecule has 1 N–H and O–H groups in total. The van der Waals surface area contributed by atoms with Crippen LogP contribution in [0, 0.1) is 5.41 Å². The fourth-order valence-electron chi connectivity index (χ4n) is 1.24. The number of carboxylic acids is 1. The summed E-state index contributed by atoms with van der Waals surface area (Å²) in [5, 5.41) is 8.96. The number of rotatable bonds is 3. The molecule has 5 heteroatoms. The van der Waals surface area contributed by atoms with E-state index in [4.69, 9.17) is 28.7 Å². The molecule has 1 atom stereocenters. The second-order valence-corrected chi connectivity index (χ2v) is 5.40. The third-order valence-electron chi connectivity index (χ3n) is 1.71. The molecule has 13 heavy (non-hydrogen) atoms. The van der Waals surface area contributed by atoms with Gasteiger partial charge in [0.15, 0.2) is 0 Å². The Morgan fingerprint density at radius 3 is 1.77 bits per heavy atom. The third-order valence-corrected chi connectivity index (χ3v) is 2.45. The minimum absolute atomic E-state index is 0.144. The van der Waals surface area contributed by atoms with E-state index in [2.05, 4.69) is 0 Å². The van der Waals surface area contributed by atoms with E-state index in [0.717, 1.165) is 0 Å². The topological polar surface area (TPSA) is 40.5 Å². The highest BCUT2D eigenvalue weighted by atomic mass is 35.5. The molecule has 3 nitrogen and oxygen atoms in total. The average Bonchev–Trinajstić information content (AvgIpc) is 1.82. The predicted octanol–water partition coefficient (Wildman–Crippen LogP) is 2.88. The zero-order valence-electron chi connectivity index (χ0n) is 8.27. The van der Waals surface area contributed by atoms with Gasteiger partial charge in [-0.2, -0.15) is 0 Å². The molecule has 0 aliphatic heterocycles. The highest BCUT2D eigenvalue weighted by Crippen LogP contribution is 2.34. The lowest BCUT2D eigenvalue weighted by atomic mass is 9.81. The fourth-order valence-corrected chi connectivity index (χ4v) is 1.50. The molecule has 0 fully saturated rings. The van der Waals surface area contributed by atoms with Crippen LogP contribution in [-0.4, -0.2) is 20.6 Å². The van der Waals surface area contributed by atoms with Crippen LogP contribution in [0.2, 0.25) is 0 Å². The maximum Gasteiger partial charge on any atom is 0.326 e. The van der Waals surface area contributed by atoms with Crippen molar-refractivity contribution in [3.8, 4) is 0 Å². The Balaban J connectivity index is 4.73. The van der Waals surface area contributed by atoms with Crippen molar-refractivity contribution < 1.29 is 9.90 Å². The van der Waals surface area contributed by atoms with Crippen LogP contribution < -0.4 is 0 Å². The highest BCUT2D eigenvalue weighted by Gasteiger charge is 2.42. The average molecular weight is 228 g/mol. The first-order valence-electron chi connectivity index (χ1n) is 3.95. The summed E-state index contributed by atoms with van der Waals surface area (Å²) in [4.78, 5) is 10.9. The van der Waals surface area contributed by atoms with Gasteiger partial charge in [0, 0.05) is 0 Å². The van der Waals surface area contributed by atoms with E-state index in [-0.39, 0.29) is 5.41 Å². The van der Waals surface area contributed by atoms with E-state index in [9.17, 15) is 4.79 Å². The van der Waals surface area contributed by atoms with Gasteiger partial charge in [0.05, 0.1) is 0 Å². The molecule has 0 aliphatic rings. The maximum absolute atomic E-state index is 10.9. The lowest BCUT2D eigenvalue weighted by Crippen LogP contribution is -2.46. The monoisotopic (exact) mass is 227 g/mol.